The van der Waals surface area contributed by atoms with E-state index in [0.717, 1.165) is 38.6 Å². The number of likely N-dealkylation sites (tertiary alicyclic amines) is 1. The number of hydrogen-bond acceptors (Lipinski definition) is 6. The van der Waals surface area contributed by atoms with Crippen molar-refractivity contribution in [2.24, 2.45) is 11.8 Å². The van der Waals surface area contributed by atoms with Gasteiger partial charge in [0.2, 0.25) is 17.7 Å². The summed E-state index contributed by atoms with van der Waals surface area (Å²) in [5.41, 5.74) is 0. The van der Waals surface area contributed by atoms with Gasteiger partial charge < -0.3 is 9.64 Å². The molecular weight excluding hydrogens is 362 g/mol. The minimum atomic E-state index is -0.241. The molecule has 28 heavy (non-hydrogen) atoms. The van der Waals surface area contributed by atoms with Crippen LogP contribution in [0.4, 0.5) is 0 Å². The second kappa shape index (κ2) is 9.49. The third-order valence-corrected chi connectivity index (χ3v) is 6.08. The zero-order valence-electron chi connectivity index (χ0n) is 16.7. The van der Waals surface area contributed by atoms with Gasteiger partial charge in [-0.1, -0.05) is 12.8 Å². The first-order valence-corrected chi connectivity index (χ1v) is 10.5. The van der Waals surface area contributed by atoms with Gasteiger partial charge >= 0.3 is 5.97 Å². The number of amides is 3. The molecule has 1 aliphatic carbocycles. The summed E-state index contributed by atoms with van der Waals surface area (Å²) in [6.45, 7) is 5.13. The zero-order valence-corrected chi connectivity index (χ0v) is 16.7. The van der Waals surface area contributed by atoms with Gasteiger partial charge in [0, 0.05) is 39.1 Å². The molecule has 3 amide bonds. The van der Waals surface area contributed by atoms with Crippen molar-refractivity contribution >= 4 is 23.7 Å². The monoisotopic (exact) mass is 393 g/mol. The zero-order chi connectivity index (χ0) is 20.1. The molecule has 0 spiro atoms. The lowest BCUT2D eigenvalue weighted by Crippen LogP contribution is -2.39. The van der Waals surface area contributed by atoms with Gasteiger partial charge in [-0.25, -0.2) is 0 Å². The van der Waals surface area contributed by atoms with Gasteiger partial charge in [-0.05, 0) is 26.2 Å². The molecule has 0 aromatic heterocycles. The summed E-state index contributed by atoms with van der Waals surface area (Å²) in [6, 6.07) is 0. The van der Waals surface area contributed by atoms with Crippen molar-refractivity contribution in [3.05, 3.63) is 0 Å². The Labute approximate surface area is 166 Å². The summed E-state index contributed by atoms with van der Waals surface area (Å²) in [5, 5.41) is 0. The van der Waals surface area contributed by atoms with E-state index in [1.54, 1.807) is 11.8 Å². The Morgan fingerprint density at radius 2 is 1.64 bits per heavy atom. The van der Waals surface area contributed by atoms with Gasteiger partial charge in [0.05, 0.1) is 25.0 Å². The number of fused-ring (bicyclic) bond motifs is 1. The highest BCUT2D eigenvalue weighted by Gasteiger charge is 2.47. The number of ether oxygens (including phenoxy) is 1. The van der Waals surface area contributed by atoms with E-state index >= 15 is 0 Å². The maximum absolute atomic E-state index is 12.6. The molecule has 0 aromatic carbocycles. The molecule has 0 N–H and O–H groups in total. The Bertz CT molecular complexity index is 599. The van der Waals surface area contributed by atoms with Crippen LogP contribution in [0.5, 0.6) is 0 Å². The third-order valence-electron chi connectivity index (χ3n) is 6.08. The molecule has 0 radical (unpaired) electrons. The molecule has 2 saturated heterocycles. The Kier molecular flexibility index (Phi) is 7.04. The van der Waals surface area contributed by atoms with Gasteiger partial charge in [0.25, 0.3) is 0 Å². The molecule has 8 nitrogen and oxygen atoms in total. The van der Waals surface area contributed by atoms with Crippen molar-refractivity contribution in [3.63, 3.8) is 0 Å². The first kappa shape index (κ1) is 20.8. The third kappa shape index (κ3) is 4.71. The molecule has 156 valence electrons. The van der Waals surface area contributed by atoms with E-state index < -0.39 is 0 Å². The van der Waals surface area contributed by atoms with E-state index in [9.17, 15) is 19.2 Å². The maximum atomic E-state index is 12.6. The van der Waals surface area contributed by atoms with E-state index in [4.69, 9.17) is 4.74 Å². The standard InChI is InChI=1S/C20H31N3O5/c1-2-28-18(25)14-21-9-5-10-22(13-12-21)17(24)8-11-23-19(26)15-6-3-4-7-16(15)20(23)27/h15-16H,2-14H2,1H3. The van der Waals surface area contributed by atoms with Crippen LogP contribution in [0.25, 0.3) is 0 Å². The van der Waals surface area contributed by atoms with Crippen LogP contribution in [-0.2, 0) is 23.9 Å². The largest absolute Gasteiger partial charge is 0.465 e. The van der Waals surface area contributed by atoms with Crippen molar-refractivity contribution in [1.82, 2.24) is 14.7 Å². The Morgan fingerprint density at radius 3 is 2.29 bits per heavy atom. The van der Waals surface area contributed by atoms with Crippen LogP contribution >= 0.6 is 0 Å². The molecule has 1 saturated carbocycles. The first-order chi connectivity index (χ1) is 13.5. The Hall–Kier alpha value is -1.96. The molecule has 8 heteroatoms. The van der Waals surface area contributed by atoms with Crippen molar-refractivity contribution in [1.29, 1.82) is 0 Å². The molecule has 2 heterocycles. The van der Waals surface area contributed by atoms with Crippen LogP contribution < -0.4 is 0 Å². The molecule has 3 aliphatic rings. The highest BCUT2D eigenvalue weighted by Crippen LogP contribution is 2.37. The molecule has 3 rings (SSSR count). The van der Waals surface area contributed by atoms with E-state index in [1.807, 2.05) is 4.90 Å². The van der Waals surface area contributed by atoms with E-state index in [-0.39, 0.29) is 55.0 Å². The highest BCUT2D eigenvalue weighted by molar-refractivity contribution is 6.05. The minimum absolute atomic E-state index is 0.0338. The lowest BCUT2D eigenvalue weighted by Gasteiger charge is -2.23. The fourth-order valence-electron chi connectivity index (χ4n) is 4.58. The summed E-state index contributed by atoms with van der Waals surface area (Å²) in [6.07, 6.45) is 4.56. The smallest absolute Gasteiger partial charge is 0.320 e. The summed E-state index contributed by atoms with van der Waals surface area (Å²) < 4.78 is 4.99. The number of esters is 1. The van der Waals surface area contributed by atoms with Crippen molar-refractivity contribution in [3.8, 4) is 0 Å². The van der Waals surface area contributed by atoms with E-state index in [1.165, 1.54) is 4.90 Å². The Morgan fingerprint density at radius 1 is 0.964 bits per heavy atom. The normalized spacial score (nSPS) is 26.2. The van der Waals surface area contributed by atoms with Crippen LogP contribution in [0.1, 0.15) is 45.4 Å². The van der Waals surface area contributed by atoms with Crippen LogP contribution in [0.15, 0.2) is 0 Å². The quantitative estimate of drug-likeness (QED) is 0.486. The number of imide groups is 1. The van der Waals surface area contributed by atoms with Crippen LogP contribution in [0.3, 0.4) is 0 Å². The predicted molar refractivity (Wildman–Crippen MR) is 101 cm³/mol. The van der Waals surface area contributed by atoms with Crippen LogP contribution in [0, 0.1) is 11.8 Å². The topological polar surface area (TPSA) is 87.2 Å². The van der Waals surface area contributed by atoms with Gasteiger partial charge in [-0.2, -0.15) is 0 Å². The highest BCUT2D eigenvalue weighted by atomic mass is 16.5. The van der Waals surface area contributed by atoms with Gasteiger partial charge in [0.1, 0.15) is 0 Å². The first-order valence-electron chi connectivity index (χ1n) is 10.5. The maximum Gasteiger partial charge on any atom is 0.320 e. The SMILES string of the molecule is CCOC(=O)CN1CCCN(C(=O)CCN2C(=O)C3CCCCC3C2=O)CC1. The lowest BCUT2D eigenvalue weighted by atomic mass is 9.81. The van der Waals surface area contributed by atoms with Crippen molar-refractivity contribution in [2.75, 3.05) is 45.9 Å². The average molecular weight is 393 g/mol. The second-order valence-corrected chi connectivity index (χ2v) is 7.89. The molecule has 0 aromatic rings. The molecule has 2 unspecified atom stereocenters. The van der Waals surface area contributed by atoms with Crippen molar-refractivity contribution in [2.45, 2.75) is 45.4 Å². The van der Waals surface area contributed by atoms with Gasteiger partial charge in [-0.15, -0.1) is 0 Å². The number of rotatable bonds is 6. The predicted octanol–water partition coefficient (Wildman–Crippen LogP) is 0.649. The van der Waals surface area contributed by atoms with Crippen molar-refractivity contribution < 1.29 is 23.9 Å². The second-order valence-electron chi connectivity index (χ2n) is 7.89. The van der Waals surface area contributed by atoms with Gasteiger partial charge in [-0.3, -0.25) is 29.0 Å². The lowest BCUT2D eigenvalue weighted by molar-refractivity contribution is -0.144. The number of carbonyl (C=O) groups excluding carboxylic acids is 4. The van der Waals surface area contributed by atoms with E-state index in [2.05, 4.69) is 0 Å². The molecular formula is C20H31N3O5. The average Bonchev–Trinajstić information content (AvgIpc) is 2.83. The van der Waals surface area contributed by atoms with E-state index in [0.29, 0.717) is 26.2 Å². The number of hydrogen-bond donors (Lipinski definition) is 0. The molecule has 0 bridgehead atoms. The number of nitrogens with zero attached hydrogens (tertiary/aromatic N) is 3. The van der Waals surface area contributed by atoms with Crippen LogP contribution in [0.2, 0.25) is 0 Å². The van der Waals surface area contributed by atoms with Crippen LogP contribution in [-0.4, -0.2) is 84.3 Å². The molecule has 2 aliphatic heterocycles. The molecule has 3 fully saturated rings. The fourth-order valence-corrected chi connectivity index (χ4v) is 4.58. The minimum Gasteiger partial charge on any atom is -0.465 e. The number of carbonyl (C=O) groups is 4. The summed E-state index contributed by atoms with van der Waals surface area (Å²) in [7, 11) is 0. The summed E-state index contributed by atoms with van der Waals surface area (Å²) >= 11 is 0. The Balaban J connectivity index is 1.46. The molecule has 2 atom stereocenters. The summed E-state index contributed by atoms with van der Waals surface area (Å²) in [4.78, 5) is 54.4. The fraction of sp³-hybridized carbons (Fsp3) is 0.800. The van der Waals surface area contributed by atoms with Gasteiger partial charge in [0.15, 0.2) is 0 Å². The summed E-state index contributed by atoms with van der Waals surface area (Å²) in [5.74, 6) is -0.766.